The Bertz CT molecular complexity index is 310. The number of hydrogen-bond donors (Lipinski definition) is 1. The van der Waals surface area contributed by atoms with E-state index in [1.807, 2.05) is 0 Å². The van der Waals surface area contributed by atoms with Gasteiger partial charge in [0.2, 0.25) is 0 Å². The minimum Gasteiger partial charge on any atom is -0.299 e. The van der Waals surface area contributed by atoms with E-state index in [1.54, 1.807) is 0 Å². The highest BCUT2D eigenvalue weighted by Crippen LogP contribution is 2.27. The molecule has 1 fully saturated rings. The Morgan fingerprint density at radius 3 is 2.60 bits per heavy atom. The standard InChI is InChI=1S/C17H33N3/c1-5-12-19-17(7-3,14-18)11-8-13-20-15(4)9-10-16(20)6-2/h15-16,19H,5-13H2,1-4H3. The molecular formula is C17H33N3. The molecule has 0 amide bonds. The Balaban J connectivity index is 2.46. The SMILES string of the molecule is CCCNC(C#N)(CC)CCCN1C(C)CCC1CC. The summed E-state index contributed by atoms with van der Waals surface area (Å²) in [5.41, 5.74) is -0.305. The molecule has 116 valence electrons. The van der Waals surface area contributed by atoms with Crippen LogP contribution >= 0.6 is 0 Å². The first kappa shape index (κ1) is 17.5. The molecule has 3 atom stereocenters. The summed E-state index contributed by atoms with van der Waals surface area (Å²) in [6, 6.07) is 4.03. The summed E-state index contributed by atoms with van der Waals surface area (Å²) in [5.74, 6) is 0. The second-order valence-corrected chi connectivity index (χ2v) is 6.30. The summed E-state index contributed by atoms with van der Waals surface area (Å²) in [4.78, 5) is 2.66. The van der Waals surface area contributed by atoms with Gasteiger partial charge in [-0.2, -0.15) is 5.26 Å². The Morgan fingerprint density at radius 2 is 2.05 bits per heavy atom. The third-order valence-electron chi connectivity index (χ3n) is 4.97. The molecule has 1 saturated heterocycles. The zero-order valence-electron chi connectivity index (χ0n) is 13.9. The van der Waals surface area contributed by atoms with Crippen LogP contribution in [0.1, 0.15) is 72.6 Å². The maximum absolute atomic E-state index is 9.52. The van der Waals surface area contributed by atoms with Crippen molar-refractivity contribution in [1.82, 2.24) is 10.2 Å². The molecule has 3 unspecified atom stereocenters. The first-order chi connectivity index (χ1) is 9.62. The first-order valence-corrected chi connectivity index (χ1v) is 8.54. The Kier molecular flexibility index (Phi) is 7.55. The monoisotopic (exact) mass is 279 g/mol. The maximum atomic E-state index is 9.52. The summed E-state index contributed by atoms with van der Waals surface area (Å²) < 4.78 is 0. The molecule has 1 aliphatic heterocycles. The van der Waals surface area contributed by atoms with Gasteiger partial charge in [-0.15, -0.1) is 0 Å². The van der Waals surface area contributed by atoms with Crippen molar-refractivity contribution in [3.8, 4) is 6.07 Å². The van der Waals surface area contributed by atoms with E-state index in [0.29, 0.717) is 0 Å². The zero-order valence-corrected chi connectivity index (χ0v) is 13.9. The lowest BCUT2D eigenvalue weighted by atomic mass is 9.91. The summed E-state index contributed by atoms with van der Waals surface area (Å²) >= 11 is 0. The molecule has 1 N–H and O–H groups in total. The fourth-order valence-electron chi connectivity index (χ4n) is 3.46. The Hall–Kier alpha value is -0.590. The van der Waals surface area contributed by atoms with Crippen LogP contribution in [0, 0.1) is 11.3 Å². The minimum absolute atomic E-state index is 0.305. The molecule has 1 rings (SSSR count). The van der Waals surface area contributed by atoms with Crippen molar-refractivity contribution < 1.29 is 0 Å². The minimum atomic E-state index is -0.305. The van der Waals surface area contributed by atoms with E-state index < -0.39 is 0 Å². The fraction of sp³-hybridized carbons (Fsp3) is 0.941. The Morgan fingerprint density at radius 1 is 1.30 bits per heavy atom. The van der Waals surface area contributed by atoms with Crippen LogP contribution < -0.4 is 5.32 Å². The first-order valence-electron chi connectivity index (χ1n) is 8.54. The number of nitriles is 1. The molecule has 0 aromatic heterocycles. The quantitative estimate of drug-likeness (QED) is 0.699. The number of hydrogen-bond acceptors (Lipinski definition) is 3. The van der Waals surface area contributed by atoms with Crippen LogP contribution in [0.15, 0.2) is 0 Å². The van der Waals surface area contributed by atoms with Crippen molar-refractivity contribution in [2.24, 2.45) is 0 Å². The molecule has 3 nitrogen and oxygen atoms in total. The summed E-state index contributed by atoms with van der Waals surface area (Å²) in [6.07, 6.45) is 8.03. The van der Waals surface area contributed by atoms with E-state index >= 15 is 0 Å². The second kappa shape index (κ2) is 8.64. The smallest absolute Gasteiger partial charge is 0.106 e. The lowest BCUT2D eigenvalue weighted by Gasteiger charge is -2.31. The van der Waals surface area contributed by atoms with Crippen molar-refractivity contribution in [2.45, 2.75) is 90.3 Å². The van der Waals surface area contributed by atoms with E-state index in [2.05, 4.69) is 44.0 Å². The summed E-state index contributed by atoms with van der Waals surface area (Å²) in [7, 11) is 0. The summed E-state index contributed by atoms with van der Waals surface area (Å²) in [5, 5.41) is 13.0. The maximum Gasteiger partial charge on any atom is 0.106 e. The lowest BCUT2D eigenvalue weighted by molar-refractivity contribution is 0.188. The van der Waals surface area contributed by atoms with Gasteiger partial charge in [0.25, 0.3) is 0 Å². The highest BCUT2D eigenvalue weighted by atomic mass is 15.2. The molecule has 0 aliphatic carbocycles. The lowest BCUT2D eigenvalue weighted by Crippen LogP contribution is -2.45. The van der Waals surface area contributed by atoms with Crippen molar-refractivity contribution >= 4 is 0 Å². The number of likely N-dealkylation sites (tertiary alicyclic amines) is 1. The molecule has 1 aliphatic rings. The molecule has 20 heavy (non-hydrogen) atoms. The molecule has 1 heterocycles. The van der Waals surface area contributed by atoms with E-state index in [-0.39, 0.29) is 5.54 Å². The molecule has 0 radical (unpaired) electrons. The number of nitrogens with one attached hydrogen (secondary N) is 1. The van der Waals surface area contributed by atoms with Crippen LogP contribution in [0.4, 0.5) is 0 Å². The van der Waals surface area contributed by atoms with Crippen LogP contribution in [-0.2, 0) is 0 Å². The van der Waals surface area contributed by atoms with Crippen LogP contribution in [0.2, 0.25) is 0 Å². The molecule has 3 heteroatoms. The average Bonchev–Trinajstić information content (AvgIpc) is 2.83. The van der Waals surface area contributed by atoms with Gasteiger partial charge in [-0.05, 0) is 65.0 Å². The topological polar surface area (TPSA) is 39.1 Å². The normalized spacial score (nSPS) is 26.4. The van der Waals surface area contributed by atoms with Crippen molar-refractivity contribution in [2.75, 3.05) is 13.1 Å². The predicted molar refractivity (Wildman–Crippen MR) is 85.6 cm³/mol. The van der Waals surface area contributed by atoms with E-state index in [4.69, 9.17) is 0 Å². The molecule has 0 aromatic carbocycles. The van der Waals surface area contributed by atoms with Gasteiger partial charge in [-0.25, -0.2) is 0 Å². The molecule has 0 bridgehead atoms. The van der Waals surface area contributed by atoms with Crippen molar-refractivity contribution in [3.63, 3.8) is 0 Å². The highest BCUT2D eigenvalue weighted by molar-refractivity contribution is 5.06. The van der Waals surface area contributed by atoms with Gasteiger partial charge in [-0.3, -0.25) is 10.2 Å². The van der Waals surface area contributed by atoms with Gasteiger partial charge in [0.15, 0.2) is 0 Å². The van der Waals surface area contributed by atoms with Crippen molar-refractivity contribution in [1.29, 1.82) is 5.26 Å². The van der Waals surface area contributed by atoms with E-state index in [1.165, 1.54) is 19.3 Å². The third-order valence-corrected chi connectivity index (χ3v) is 4.97. The Labute approximate surface area is 125 Å². The largest absolute Gasteiger partial charge is 0.299 e. The van der Waals surface area contributed by atoms with Crippen molar-refractivity contribution in [3.05, 3.63) is 0 Å². The van der Waals surface area contributed by atoms with Gasteiger partial charge in [0.05, 0.1) is 6.07 Å². The van der Waals surface area contributed by atoms with E-state index in [0.717, 1.165) is 50.9 Å². The van der Waals surface area contributed by atoms with Crippen LogP contribution in [-0.4, -0.2) is 35.6 Å². The predicted octanol–water partition coefficient (Wildman–Crippen LogP) is 3.70. The molecular weight excluding hydrogens is 246 g/mol. The second-order valence-electron chi connectivity index (χ2n) is 6.30. The molecule has 0 aromatic rings. The number of rotatable bonds is 9. The molecule has 0 spiro atoms. The van der Waals surface area contributed by atoms with E-state index in [9.17, 15) is 5.26 Å². The summed E-state index contributed by atoms with van der Waals surface area (Å²) in [6.45, 7) is 11.0. The van der Waals surface area contributed by atoms with Crippen LogP contribution in [0.3, 0.4) is 0 Å². The third kappa shape index (κ3) is 4.46. The zero-order chi connectivity index (χ0) is 15.0. The average molecular weight is 279 g/mol. The fourth-order valence-corrected chi connectivity index (χ4v) is 3.46. The van der Waals surface area contributed by atoms with Crippen LogP contribution in [0.5, 0.6) is 0 Å². The molecule has 0 saturated carbocycles. The van der Waals surface area contributed by atoms with Gasteiger partial charge in [-0.1, -0.05) is 20.8 Å². The van der Waals surface area contributed by atoms with Gasteiger partial charge < -0.3 is 0 Å². The number of nitrogens with zero attached hydrogens (tertiary/aromatic N) is 2. The van der Waals surface area contributed by atoms with Gasteiger partial charge in [0, 0.05) is 12.1 Å². The van der Waals surface area contributed by atoms with Gasteiger partial charge >= 0.3 is 0 Å². The van der Waals surface area contributed by atoms with Crippen LogP contribution in [0.25, 0.3) is 0 Å². The van der Waals surface area contributed by atoms with Gasteiger partial charge in [0.1, 0.15) is 5.54 Å². The highest BCUT2D eigenvalue weighted by Gasteiger charge is 2.31.